The fourth-order valence-corrected chi connectivity index (χ4v) is 5.47. The lowest BCUT2D eigenvalue weighted by atomic mass is 9.87. The summed E-state index contributed by atoms with van der Waals surface area (Å²) in [5.74, 6) is 1.34. The van der Waals surface area contributed by atoms with Gasteiger partial charge in [0, 0.05) is 25.6 Å². The Morgan fingerprint density at radius 1 is 0.744 bits per heavy atom. The van der Waals surface area contributed by atoms with E-state index in [0.717, 1.165) is 45.2 Å². The molecular weight excluding hydrogens is 485 g/mol. The summed E-state index contributed by atoms with van der Waals surface area (Å²) in [6.45, 7) is 35.0. The van der Waals surface area contributed by atoms with E-state index in [1.165, 1.54) is 51.5 Å². The molecule has 4 aliphatic rings. The van der Waals surface area contributed by atoms with E-state index in [1.807, 2.05) is 0 Å². The standard InChI is InChI=1S/C10H21NO.C10H20O.C8H15F.C7H14/c1-10(2,3)4-5-11-6-8-12-9-7-11;1-10(2,3)8-9-6-4-5-7-11-9;1-7(2,3)6-5-8(6,4)9;1-7(2,3)6-4-5-6/h4-9H2,1-3H3;9H,4-8H2,1-3H3;6H,5H2,1-4H3;6H,4-5H2,1-3H3. The van der Waals surface area contributed by atoms with Gasteiger partial charge in [0.1, 0.15) is 5.67 Å². The van der Waals surface area contributed by atoms with Crippen LogP contribution in [0.3, 0.4) is 0 Å². The number of halogens is 1. The molecule has 0 aromatic carbocycles. The van der Waals surface area contributed by atoms with Crippen molar-refractivity contribution in [2.75, 3.05) is 39.5 Å². The first-order valence-corrected chi connectivity index (χ1v) is 16.2. The van der Waals surface area contributed by atoms with E-state index >= 15 is 0 Å². The molecule has 3 nitrogen and oxygen atoms in total. The van der Waals surface area contributed by atoms with Crippen LogP contribution >= 0.6 is 0 Å². The van der Waals surface area contributed by atoms with Crippen LogP contribution in [-0.4, -0.2) is 56.1 Å². The molecule has 39 heavy (non-hydrogen) atoms. The normalized spacial score (nSPS) is 28.2. The lowest BCUT2D eigenvalue weighted by Crippen LogP contribution is -2.37. The molecule has 3 unspecified atom stereocenters. The fourth-order valence-electron chi connectivity index (χ4n) is 5.47. The molecule has 234 valence electrons. The average Bonchev–Trinajstić information content (AvgIpc) is 3.69. The highest BCUT2D eigenvalue weighted by Crippen LogP contribution is 2.56. The molecule has 2 aliphatic carbocycles. The molecule has 4 heteroatoms. The number of rotatable bonds is 3. The largest absolute Gasteiger partial charge is 0.379 e. The third kappa shape index (κ3) is 18.8. The molecule has 0 bridgehead atoms. The summed E-state index contributed by atoms with van der Waals surface area (Å²) >= 11 is 0. The van der Waals surface area contributed by atoms with Crippen molar-refractivity contribution in [2.45, 2.75) is 153 Å². The Morgan fingerprint density at radius 2 is 1.28 bits per heavy atom. The molecule has 4 fully saturated rings. The number of morpholine rings is 1. The van der Waals surface area contributed by atoms with Gasteiger partial charge in [-0.1, -0.05) is 83.1 Å². The summed E-state index contributed by atoms with van der Waals surface area (Å²) in [5.41, 5.74) is 0.835. The lowest BCUT2D eigenvalue weighted by molar-refractivity contribution is -0.00699. The van der Waals surface area contributed by atoms with E-state index in [9.17, 15) is 4.39 Å². The summed E-state index contributed by atoms with van der Waals surface area (Å²) in [5, 5.41) is 0. The van der Waals surface area contributed by atoms with E-state index in [2.05, 4.69) is 88.0 Å². The Balaban J connectivity index is 0.000000264. The highest BCUT2D eigenvalue weighted by molar-refractivity contribution is 5.05. The van der Waals surface area contributed by atoms with Crippen molar-refractivity contribution in [1.82, 2.24) is 4.90 Å². The van der Waals surface area contributed by atoms with Gasteiger partial charge in [-0.25, -0.2) is 4.39 Å². The van der Waals surface area contributed by atoms with Crippen LogP contribution in [0.5, 0.6) is 0 Å². The van der Waals surface area contributed by atoms with E-state index in [-0.39, 0.29) is 5.41 Å². The predicted molar refractivity (Wildman–Crippen MR) is 168 cm³/mol. The molecule has 0 radical (unpaired) electrons. The molecule has 3 atom stereocenters. The van der Waals surface area contributed by atoms with Crippen LogP contribution in [0, 0.1) is 33.5 Å². The van der Waals surface area contributed by atoms with Crippen molar-refractivity contribution >= 4 is 0 Å². The Hall–Kier alpha value is -0.190. The highest BCUT2D eigenvalue weighted by Gasteiger charge is 2.56. The molecular formula is C35H70FNO2. The Labute approximate surface area is 244 Å². The van der Waals surface area contributed by atoms with Gasteiger partial charge in [-0.05, 0) is 92.4 Å². The molecule has 2 heterocycles. The molecule has 0 amide bonds. The van der Waals surface area contributed by atoms with Crippen LogP contribution in [0.25, 0.3) is 0 Å². The Bertz CT molecular complexity index is 646. The van der Waals surface area contributed by atoms with Gasteiger partial charge in [-0.2, -0.15) is 0 Å². The van der Waals surface area contributed by atoms with Crippen LogP contribution < -0.4 is 0 Å². The first-order chi connectivity index (χ1) is 17.6. The molecule has 2 saturated heterocycles. The third-order valence-corrected chi connectivity index (χ3v) is 8.41. The zero-order valence-corrected chi connectivity index (χ0v) is 28.8. The molecule has 4 rings (SSSR count). The van der Waals surface area contributed by atoms with Gasteiger partial charge in [0.15, 0.2) is 0 Å². The van der Waals surface area contributed by atoms with Crippen LogP contribution in [0.2, 0.25) is 0 Å². The van der Waals surface area contributed by atoms with Crippen molar-refractivity contribution in [3.8, 4) is 0 Å². The van der Waals surface area contributed by atoms with Crippen LogP contribution in [0.15, 0.2) is 0 Å². The van der Waals surface area contributed by atoms with Crippen molar-refractivity contribution in [3.05, 3.63) is 0 Å². The summed E-state index contributed by atoms with van der Waals surface area (Å²) in [4.78, 5) is 2.49. The molecule has 2 aliphatic heterocycles. The smallest absolute Gasteiger partial charge is 0.112 e. The summed E-state index contributed by atoms with van der Waals surface area (Å²) in [7, 11) is 0. The topological polar surface area (TPSA) is 21.7 Å². The monoisotopic (exact) mass is 556 g/mol. The Kier molecular flexibility index (Phi) is 14.5. The van der Waals surface area contributed by atoms with E-state index in [1.54, 1.807) is 6.92 Å². The summed E-state index contributed by atoms with van der Waals surface area (Å²) in [6.07, 6.45) is 10.7. The SMILES string of the molecule is CC(C)(C)C1CC1.CC(C)(C)C1CC1(C)F.CC(C)(C)CC1CCCCO1.CC(C)(C)CCN1CCOCC1. The number of hydrogen-bond acceptors (Lipinski definition) is 3. The van der Waals surface area contributed by atoms with Crippen molar-refractivity contribution in [3.63, 3.8) is 0 Å². The minimum Gasteiger partial charge on any atom is -0.379 e. The maximum atomic E-state index is 13.0. The van der Waals surface area contributed by atoms with Gasteiger partial charge in [0.05, 0.1) is 19.3 Å². The van der Waals surface area contributed by atoms with E-state index < -0.39 is 5.67 Å². The van der Waals surface area contributed by atoms with Crippen molar-refractivity contribution in [1.29, 1.82) is 0 Å². The lowest BCUT2D eigenvalue weighted by Gasteiger charge is -2.29. The zero-order valence-electron chi connectivity index (χ0n) is 28.8. The third-order valence-electron chi connectivity index (χ3n) is 8.41. The molecule has 0 spiro atoms. The minimum absolute atomic E-state index is 0.170. The number of alkyl halides is 1. The van der Waals surface area contributed by atoms with Crippen molar-refractivity contribution in [2.24, 2.45) is 33.5 Å². The van der Waals surface area contributed by atoms with Gasteiger partial charge in [-0.3, -0.25) is 4.90 Å². The second kappa shape index (κ2) is 15.3. The van der Waals surface area contributed by atoms with E-state index in [0.29, 0.717) is 28.3 Å². The first-order valence-electron chi connectivity index (χ1n) is 16.2. The van der Waals surface area contributed by atoms with Gasteiger partial charge < -0.3 is 9.47 Å². The van der Waals surface area contributed by atoms with Crippen molar-refractivity contribution < 1.29 is 13.9 Å². The first kappa shape index (κ1) is 36.8. The maximum Gasteiger partial charge on any atom is 0.112 e. The molecule has 0 aromatic heterocycles. The number of nitrogens with zero attached hydrogens (tertiary/aromatic N) is 1. The molecule has 0 N–H and O–H groups in total. The van der Waals surface area contributed by atoms with Gasteiger partial charge >= 0.3 is 0 Å². The van der Waals surface area contributed by atoms with Gasteiger partial charge in [0.2, 0.25) is 0 Å². The number of ether oxygens (including phenoxy) is 2. The van der Waals surface area contributed by atoms with E-state index in [4.69, 9.17) is 9.47 Å². The predicted octanol–water partition coefficient (Wildman–Crippen LogP) is 9.97. The summed E-state index contributed by atoms with van der Waals surface area (Å²) in [6, 6.07) is 0. The average molecular weight is 556 g/mol. The quantitative estimate of drug-likeness (QED) is 0.346. The van der Waals surface area contributed by atoms with Gasteiger partial charge in [0.25, 0.3) is 0 Å². The minimum atomic E-state index is -0.849. The molecule has 0 aromatic rings. The fraction of sp³-hybridized carbons (Fsp3) is 1.00. The van der Waals surface area contributed by atoms with Crippen LogP contribution in [0.1, 0.15) is 141 Å². The second-order valence-electron chi connectivity index (χ2n) is 17.6. The summed E-state index contributed by atoms with van der Waals surface area (Å²) < 4.78 is 23.9. The zero-order chi connectivity index (χ0) is 30.1. The Morgan fingerprint density at radius 3 is 1.56 bits per heavy atom. The van der Waals surface area contributed by atoms with Crippen LogP contribution in [-0.2, 0) is 9.47 Å². The van der Waals surface area contributed by atoms with Crippen LogP contribution in [0.4, 0.5) is 4.39 Å². The highest BCUT2D eigenvalue weighted by atomic mass is 19.1. The maximum absolute atomic E-state index is 13.0. The number of hydrogen-bond donors (Lipinski definition) is 0. The van der Waals surface area contributed by atoms with Gasteiger partial charge in [-0.15, -0.1) is 0 Å². The molecule has 2 saturated carbocycles. The second-order valence-corrected chi connectivity index (χ2v) is 17.6.